The highest BCUT2D eigenvalue weighted by Gasteiger charge is 2.16. The number of likely N-dealkylation sites (tertiary alicyclic amines) is 1. The summed E-state index contributed by atoms with van der Waals surface area (Å²) < 4.78 is 0. The average Bonchev–Trinajstić information content (AvgIpc) is 2.76. The minimum atomic E-state index is -0.110. The van der Waals surface area contributed by atoms with E-state index in [-0.39, 0.29) is 6.10 Å². The topological polar surface area (TPSA) is 59.9 Å². The van der Waals surface area contributed by atoms with Crippen molar-refractivity contribution in [3.05, 3.63) is 71.3 Å². The Labute approximate surface area is 174 Å². The lowest BCUT2D eigenvalue weighted by atomic mass is 10.1. The molecule has 0 amide bonds. The van der Waals surface area contributed by atoms with Crippen molar-refractivity contribution in [3.63, 3.8) is 0 Å². The third-order valence-electron chi connectivity index (χ3n) is 5.45. The molecule has 3 N–H and O–H groups in total. The van der Waals surface area contributed by atoms with Crippen molar-refractivity contribution in [2.45, 2.75) is 44.9 Å². The van der Waals surface area contributed by atoms with E-state index in [9.17, 15) is 5.11 Å². The van der Waals surface area contributed by atoms with Crippen molar-refractivity contribution in [1.82, 2.24) is 15.5 Å². The molecule has 1 aliphatic rings. The van der Waals surface area contributed by atoms with Crippen LogP contribution in [0.5, 0.6) is 0 Å². The monoisotopic (exact) mass is 394 g/mol. The molecule has 2 aromatic rings. The van der Waals surface area contributed by atoms with Crippen LogP contribution in [0.2, 0.25) is 0 Å². The fraction of sp³-hybridized carbons (Fsp3) is 0.458. The summed E-state index contributed by atoms with van der Waals surface area (Å²) in [4.78, 5) is 6.73. The summed E-state index contributed by atoms with van der Waals surface area (Å²) in [6, 6.07) is 19.4. The number of hydrogen-bond donors (Lipinski definition) is 3. The Hall–Kier alpha value is -2.37. The van der Waals surface area contributed by atoms with Gasteiger partial charge in [-0.1, -0.05) is 54.6 Å². The third kappa shape index (κ3) is 7.52. The van der Waals surface area contributed by atoms with E-state index >= 15 is 0 Å². The highest BCUT2D eigenvalue weighted by atomic mass is 16.3. The number of guanidine groups is 1. The summed E-state index contributed by atoms with van der Waals surface area (Å²) in [5.74, 6) is 0.842. The van der Waals surface area contributed by atoms with Crippen molar-refractivity contribution >= 4 is 5.96 Å². The number of benzene rings is 2. The molecule has 0 unspecified atom stereocenters. The molecule has 0 saturated carbocycles. The predicted molar refractivity (Wildman–Crippen MR) is 120 cm³/mol. The number of nitrogens with zero attached hydrogens (tertiary/aromatic N) is 2. The lowest BCUT2D eigenvalue weighted by molar-refractivity contribution is 0.0792. The van der Waals surface area contributed by atoms with Crippen LogP contribution >= 0.6 is 0 Å². The predicted octanol–water partition coefficient (Wildman–Crippen LogP) is 2.94. The van der Waals surface area contributed by atoms with Crippen LogP contribution in [-0.2, 0) is 19.5 Å². The zero-order chi connectivity index (χ0) is 20.3. The average molecular weight is 395 g/mol. The van der Waals surface area contributed by atoms with E-state index in [1.807, 2.05) is 7.05 Å². The number of aryl methyl sites for hydroxylation is 1. The number of aliphatic hydroxyl groups is 1. The maximum absolute atomic E-state index is 9.63. The molecule has 156 valence electrons. The molecule has 1 fully saturated rings. The first kappa shape index (κ1) is 21.3. The minimum Gasteiger partial charge on any atom is -0.393 e. The van der Waals surface area contributed by atoms with Gasteiger partial charge in [-0.25, -0.2) is 0 Å². The van der Waals surface area contributed by atoms with Gasteiger partial charge < -0.3 is 15.7 Å². The van der Waals surface area contributed by atoms with Gasteiger partial charge in [0, 0.05) is 39.8 Å². The van der Waals surface area contributed by atoms with E-state index in [0.29, 0.717) is 0 Å². The highest BCUT2D eigenvalue weighted by molar-refractivity contribution is 5.79. The minimum absolute atomic E-state index is 0.110. The van der Waals surface area contributed by atoms with Gasteiger partial charge in [-0.2, -0.15) is 0 Å². The second-order valence-corrected chi connectivity index (χ2v) is 7.77. The van der Waals surface area contributed by atoms with Crippen LogP contribution in [0.3, 0.4) is 0 Å². The first-order valence-corrected chi connectivity index (χ1v) is 10.7. The Morgan fingerprint density at radius 1 is 0.966 bits per heavy atom. The van der Waals surface area contributed by atoms with Gasteiger partial charge in [0.25, 0.3) is 0 Å². The molecule has 0 atom stereocenters. The molecule has 1 heterocycles. The number of aliphatic hydroxyl groups excluding tert-OH is 1. The zero-order valence-electron chi connectivity index (χ0n) is 17.5. The summed E-state index contributed by atoms with van der Waals surface area (Å²) >= 11 is 0. The van der Waals surface area contributed by atoms with Gasteiger partial charge in [0.1, 0.15) is 0 Å². The van der Waals surface area contributed by atoms with E-state index < -0.39 is 0 Å². The van der Waals surface area contributed by atoms with Gasteiger partial charge in [-0.05, 0) is 42.4 Å². The number of aliphatic imine (C=N–C) groups is 1. The second-order valence-electron chi connectivity index (χ2n) is 7.77. The molecule has 1 aliphatic heterocycles. The SMILES string of the molecule is CN=C(NCCCc1ccccc1)NCc1ccc(CN2CCC(O)CC2)cc1. The molecule has 29 heavy (non-hydrogen) atoms. The van der Waals surface area contributed by atoms with E-state index in [1.165, 1.54) is 16.7 Å². The highest BCUT2D eigenvalue weighted by Crippen LogP contribution is 2.14. The molecule has 3 rings (SSSR count). The van der Waals surface area contributed by atoms with Gasteiger partial charge in [0.05, 0.1) is 6.10 Å². The first-order valence-electron chi connectivity index (χ1n) is 10.7. The van der Waals surface area contributed by atoms with Crippen LogP contribution in [0.1, 0.15) is 36.0 Å². The Kier molecular flexibility index (Phi) is 8.53. The lowest BCUT2D eigenvalue weighted by Crippen LogP contribution is -2.37. The normalized spacial score (nSPS) is 16.0. The summed E-state index contributed by atoms with van der Waals surface area (Å²) in [7, 11) is 1.81. The number of hydrogen-bond acceptors (Lipinski definition) is 3. The Morgan fingerprint density at radius 3 is 2.34 bits per heavy atom. The van der Waals surface area contributed by atoms with Crippen molar-refractivity contribution in [2.24, 2.45) is 4.99 Å². The van der Waals surface area contributed by atoms with E-state index in [2.05, 4.69) is 75.1 Å². The van der Waals surface area contributed by atoms with Crippen LogP contribution < -0.4 is 10.6 Å². The lowest BCUT2D eigenvalue weighted by Gasteiger charge is -2.29. The van der Waals surface area contributed by atoms with Crippen LogP contribution in [0, 0.1) is 0 Å². The molecule has 0 spiro atoms. The third-order valence-corrected chi connectivity index (χ3v) is 5.45. The summed E-state index contributed by atoms with van der Waals surface area (Å²) in [5, 5.41) is 16.4. The summed E-state index contributed by atoms with van der Waals surface area (Å²) in [6.45, 7) is 4.59. The molecule has 1 saturated heterocycles. The van der Waals surface area contributed by atoms with Gasteiger partial charge in [-0.15, -0.1) is 0 Å². The maximum atomic E-state index is 9.63. The number of nitrogens with one attached hydrogen (secondary N) is 2. The molecular formula is C24H34N4O. The van der Waals surface area contributed by atoms with E-state index in [4.69, 9.17) is 0 Å². The Bertz CT molecular complexity index is 737. The van der Waals surface area contributed by atoms with Crippen LogP contribution in [0.4, 0.5) is 0 Å². The number of rotatable bonds is 8. The van der Waals surface area contributed by atoms with Gasteiger partial charge >= 0.3 is 0 Å². The van der Waals surface area contributed by atoms with Crippen LogP contribution in [0.15, 0.2) is 59.6 Å². The molecule has 0 aromatic heterocycles. The fourth-order valence-corrected chi connectivity index (χ4v) is 3.65. The van der Waals surface area contributed by atoms with Gasteiger partial charge in [0.2, 0.25) is 0 Å². The molecule has 0 aliphatic carbocycles. The quantitative estimate of drug-likeness (QED) is 0.366. The molecule has 0 radical (unpaired) electrons. The van der Waals surface area contributed by atoms with Crippen molar-refractivity contribution in [1.29, 1.82) is 0 Å². The first-order chi connectivity index (χ1) is 14.2. The van der Waals surface area contributed by atoms with E-state index in [1.54, 1.807) is 0 Å². The summed E-state index contributed by atoms with van der Waals surface area (Å²) in [6.07, 6.45) is 3.81. The van der Waals surface area contributed by atoms with Crippen molar-refractivity contribution in [3.8, 4) is 0 Å². The van der Waals surface area contributed by atoms with Crippen molar-refractivity contribution in [2.75, 3.05) is 26.7 Å². The maximum Gasteiger partial charge on any atom is 0.191 e. The Balaban J connectivity index is 1.35. The van der Waals surface area contributed by atoms with Crippen LogP contribution in [-0.4, -0.2) is 48.8 Å². The van der Waals surface area contributed by atoms with E-state index in [0.717, 1.165) is 64.4 Å². The molecule has 5 heteroatoms. The second kappa shape index (κ2) is 11.6. The molecule has 0 bridgehead atoms. The largest absolute Gasteiger partial charge is 0.393 e. The number of piperidine rings is 1. The molecule has 5 nitrogen and oxygen atoms in total. The fourth-order valence-electron chi connectivity index (χ4n) is 3.65. The zero-order valence-corrected chi connectivity index (χ0v) is 17.5. The van der Waals surface area contributed by atoms with Crippen molar-refractivity contribution < 1.29 is 5.11 Å². The molecule has 2 aromatic carbocycles. The Morgan fingerprint density at radius 2 is 1.66 bits per heavy atom. The standard InChI is InChI=1S/C24H34N4O/c1-25-24(26-15-5-8-20-6-3-2-4-7-20)27-18-21-9-11-22(12-10-21)19-28-16-13-23(29)14-17-28/h2-4,6-7,9-12,23,29H,5,8,13-19H2,1H3,(H2,25,26,27). The van der Waals surface area contributed by atoms with Gasteiger partial charge in [-0.3, -0.25) is 9.89 Å². The smallest absolute Gasteiger partial charge is 0.191 e. The van der Waals surface area contributed by atoms with Gasteiger partial charge in [0.15, 0.2) is 5.96 Å². The summed E-state index contributed by atoms with van der Waals surface area (Å²) in [5.41, 5.74) is 3.95. The molecular weight excluding hydrogens is 360 g/mol. The van der Waals surface area contributed by atoms with Crippen LogP contribution in [0.25, 0.3) is 0 Å².